The number of allylic oxidation sites excluding steroid dienone is 4. The topological polar surface area (TPSA) is 0 Å². The summed E-state index contributed by atoms with van der Waals surface area (Å²) in [6.07, 6.45) is 14.0. The highest BCUT2D eigenvalue weighted by Gasteiger charge is 1.84. The Bertz CT molecular complexity index is 89.1. The highest BCUT2D eigenvalue weighted by atomic mass is 127. The Labute approximate surface area is 74.1 Å². The molecule has 0 N–H and O–H groups in total. The molecule has 0 amide bonds. The van der Waals surface area contributed by atoms with E-state index in [1.54, 1.807) is 0 Å². The smallest absolute Gasteiger partial charge is 0.0347 e. The average Bonchev–Trinajstić information content (AvgIpc) is 1.62. The van der Waals surface area contributed by atoms with Crippen LogP contribution in [0.4, 0.5) is 0 Å². The third-order valence-electron chi connectivity index (χ3n) is 1.37. The van der Waals surface area contributed by atoms with Crippen molar-refractivity contribution in [3.05, 3.63) is 24.3 Å². The molecule has 0 heterocycles. The second kappa shape index (κ2) is 6.33. The summed E-state index contributed by atoms with van der Waals surface area (Å²) in [4.78, 5) is 0. The van der Waals surface area contributed by atoms with Crippen LogP contribution in [0.2, 0.25) is 0 Å². The Morgan fingerprint density at radius 2 is 1.22 bits per heavy atom. The zero-order valence-electron chi connectivity index (χ0n) is 5.55. The van der Waals surface area contributed by atoms with Crippen molar-refractivity contribution in [2.75, 3.05) is 0 Å². The zero-order valence-corrected chi connectivity index (χ0v) is 7.88. The standard InChI is InChI=1S/C8H12.HI/c1-2-4-6-8-7-5-3-1;/h1-4H,5-8H2;1H/b3-1-,4-2-;. The third kappa shape index (κ3) is 4.70. The van der Waals surface area contributed by atoms with E-state index in [0.717, 1.165) is 0 Å². The Morgan fingerprint density at radius 3 is 1.67 bits per heavy atom. The molecule has 1 aliphatic carbocycles. The van der Waals surface area contributed by atoms with Crippen molar-refractivity contribution in [3.8, 4) is 0 Å². The average molecular weight is 236 g/mol. The van der Waals surface area contributed by atoms with Crippen LogP contribution in [0, 0.1) is 0 Å². The van der Waals surface area contributed by atoms with E-state index in [1.807, 2.05) is 0 Å². The van der Waals surface area contributed by atoms with Gasteiger partial charge in [-0.05, 0) is 25.7 Å². The summed E-state index contributed by atoms with van der Waals surface area (Å²) in [6.45, 7) is 0. The maximum absolute atomic E-state index is 2.23. The number of rotatable bonds is 0. The molecule has 1 heteroatoms. The van der Waals surface area contributed by atoms with Crippen molar-refractivity contribution in [1.29, 1.82) is 0 Å². The van der Waals surface area contributed by atoms with Crippen molar-refractivity contribution in [2.24, 2.45) is 0 Å². The third-order valence-corrected chi connectivity index (χ3v) is 1.37. The van der Waals surface area contributed by atoms with Crippen molar-refractivity contribution in [2.45, 2.75) is 25.7 Å². The van der Waals surface area contributed by atoms with Gasteiger partial charge >= 0.3 is 0 Å². The maximum atomic E-state index is 2.23. The molecule has 0 saturated heterocycles. The van der Waals surface area contributed by atoms with Gasteiger partial charge in [0.1, 0.15) is 0 Å². The molecule has 0 aromatic carbocycles. The first-order valence-electron chi connectivity index (χ1n) is 3.32. The second-order valence-corrected chi connectivity index (χ2v) is 2.14. The Balaban J connectivity index is 0.000000640. The molecule has 0 unspecified atom stereocenters. The minimum Gasteiger partial charge on any atom is -0.107 e. The molecule has 1 aliphatic rings. The first-order chi connectivity index (χ1) is 4.00. The summed E-state index contributed by atoms with van der Waals surface area (Å²) >= 11 is 0. The van der Waals surface area contributed by atoms with Crippen molar-refractivity contribution in [3.63, 3.8) is 0 Å². The first-order valence-corrected chi connectivity index (χ1v) is 3.32. The van der Waals surface area contributed by atoms with Crippen molar-refractivity contribution >= 4 is 24.0 Å². The van der Waals surface area contributed by atoms with Crippen LogP contribution < -0.4 is 0 Å². The van der Waals surface area contributed by atoms with Gasteiger partial charge in [0, 0.05) is 0 Å². The van der Waals surface area contributed by atoms with Crippen molar-refractivity contribution in [1.82, 2.24) is 0 Å². The van der Waals surface area contributed by atoms with Crippen LogP contribution in [0.3, 0.4) is 0 Å². The molecule has 0 nitrogen and oxygen atoms in total. The molecule has 0 aliphatic heterocycles. The summed E-state index contributed by atoms with van der Waals surface area (Å²) in [5.74, 6) is 0. The molecular weight excluding hydrogens is 223 g/mol. The van der Waals surface area contributed by atoms with E-state index in [2.05, 4.69) is 24.3 Å². The molecule has 0 radical (unpaired) electrons. The molecule has 0 spiro atoms. The predicted octanol–water partition coefficient (Wildman–Crippen LogP) is 3.29. The summed E-state index contributed by atoms with van der Waals surface area (Å²) in [5.41, 5.74) is 0. The fourth-order valence-electron chi connectivity index (χ4n) is 0.874. The zero-order chi connectivity index (χ0) is 5.66. The van der Waals surface area contributed by atoms with Gasteiger partial charge in [-0.15, -0.1) is 24.0 Å². The molecule has 1 rings (SSSR count). The van der Waals surface area contributed by atoms with E-state index >= 15 is 0 Å². The van der Waals surface area contributed by atoms with Crippen molar-refractivity contribution < 1.29 is 0 Å². The number of hydrogen-bond acceptors (Lipinski definition) is 0. The highest BCUT2D eigenvalue weighted by molar-refractivity contribution is 14.0. The molecule has 0 fully saturated rings. The van der Waals surface area contributed by atoms with E-state index < -0.39 is 0 Å². The SMILES string of the molecule is C1=C\CCCC\C=C/1.I. The molecule has 52 valence electrons. The van der Waals surface area contributed by atoms with Gasteiger partial charge in [0.15, 0.2) is 0 Å². The van der Waals surface area contributed by atoms with E-state index in [0.29, 0.717) is 0 Å². The molecule has 0 aromatic rings. The summed E-state index contributed by atoms with van der Waals surface area (Å²) in [5, 5.41) is 0. The fourth-order valence-corrected chi connectivity index (χ4v) is 0.874. The van der Waals surface area contributed by atoms with E-state index in [9.17, 15) is 0 Å². The summed E-state index contributed by atoms with van der Waals surface area (Å²) in [7, 11) is 0. The lowest BCUT2D eigenvalue weighted by molar-refractivity contribution is 0.758. The molecule has 0 saturated carbocycles. The minimum absolute atomic E-state index is 0. The first kappa shape index (κ1) is 9.21. The number of hydrogen-bond donors (Lipinski definition) is 0. The lowest BCUT2D eigenvalue weighted by Crippen LogP contribution is -1.74. The summed E-state index contributed by atoms with van der Waals surface area (Å²) in [6, 6.07) is 0. The van der Waals surface area contributed by atoms with E-state index in [1.165, 1.54) is 25.7 Å². The van der Waals surface area contributed by atoms with E-state index in [-0.39, 0.29) is 24.0 Å². The Morgan fingerprint density at radius 1 is 0.778 bits per heavy atom. The quantitative estimate of drug-likeness (QED) is 0.566. The van der Waals surface area contributed by atoms with Gasteiger partial charge in [0.2, 0.25) is 0 Å². The predicted molar refractivity (Wildman–Crippen MR) is 52.2 cm³/mol. The monoisotopic (exact) mass is 236 g/mol. The largest absolute Gasteiger partial charge is 0.107 e. The van der Waals surface area contributed by atoms with Gasteiger partial charge < -0.3 is 0 Å². The maximum Gasteiger partial charge on any atom is -0.0347 e. The minimum atomic E-state index is 0. The van der Waals surface area contributed by atoms with Gasteiger partial charge in [-0.2, -0.15) is 0 Å². The van der Waals surface area contributed by atoms with Crippen LogP contribution in [0.5, 0.6) is 0 Å². The van der Waals surface area contributed by atoms with Crippen LogP contribution in [0.1, 0.15) is 25.7 Å². The lowest BCUT2D eigenvalue weighted by atomic mass is 10.1. The summed E-state index contributed by atoms with van der Waals surface area (Å²) < 4.78 is 0. The van der Waals surface area contributed by atoms with Crippen LogP contribution in [-0.2, 0) is 0 Å². The molecule has 9 heavy (non-hydrogen) atoms. The normalized spacial score (nSPS) is 24.9. The molecular formula is C8H13I. The fraction of sp³-hybridized carbons (Fsp3) is 0.500. The van der Waals surface area contributed by atoms with Gasteiger partial charge in [-0.3, -0.25) is 0 Å². The highest BCUT2D eigenvalue weighted by Crippen LogP contribution is 2.04. The van der Waals surface area contributed by atoms with Crippen LogP contribution >= 0.6 is 24.0 Å². The number of halogens is 1. The second-order valence-electron chi connectivity index (χ2n) is 2.14. The van der Waals surface area contributed by atoms with Crippen LogP contribution in [0.25, 0.3) is 0 Å². The van der Waals surface area contributed by atoms with Crippen LogP contribution in [0.15, 0.2) is 24.3 Å². The molecule has 0 bridgehead atoms. The molecule has 0 atom stereocenters. The van der Waals surface area contributed by atoms with Gasteiger partial charge in [-0.1, -0.05) is 24.3 Å². The lowest BCUT2D eigenvalue weighted by Gasteiger charge is -1.94. The van der Waals surface area contributed by atoms with Gasteiger partial charge in [-0.25, -0.2) is 0 Å². The van der Waals surface area contributed by atoms with Crippen LogP contribution in [-0.4, -0.2) is 0 Å². The Hall–Kier alpha value is 0.210. The molecule has 0 aromatic heterocycles. The van der Waals surface area contributed by atoms with Gasteiger partial charge in [0.05, 0.1) is 0 Å². The Kier molecular flexibility index (Phi) is 6.48. The van der Waals surface area contributed by atoms with Gasteiger partial charge in [0.25, 0.3) is 0 Å². The van der Waals surface area contributed by atoms with E-state index in [4.69, 9.17) is 0 Å².